The lowest BCUT2D eigenvalue weighted by molar-refractivity contribution is 0.174. The summed E-state index contributed by atoms with van der Waals surface area (Å²) in [5, 5.41) is 10.3. The Morgan fingerprint density at radius 2 is 1.83 bits per heavy atom. The van der Waals surface area contributed by atoms with E-state index >= 15 is 0 Å². The molecule has 0 spiro atoms. The average Bonchev–Trinajstić information content (AvgIpc) is 2.75. The molecule has 2 rings (SSSR count). The van der Waals surface area contributed by atoms with Crippen LogP contribution in [0.2, 0.25) is 0 Å². The van der Waals surface area contributed by atoms with Crippen molar-refractivity contribution < 1.29 is 14.3 Å². The number of benzene rings is 1. The first-order valence-corrected chi connectivity index (χ1v) is 6.08. The minimum Gasteiger partial charge on any atom is -0.491 e. The lowest BCUT2D eigenvalue weighted by Crippen LogP contribution is -2.09. The van der Waals surface area contributed by atoms with E-state index in [-0.39, 0.29) is 6.10 Å². The smallest absolute Gasteiger partial charge is 0.140 e. The van der Waals surface area contributed by atoms with Crippen molar-refractivity contribution >= 4 is 0 Å². The van der Waals surface area contributed by atoms with Gasteiger partial charge in [-0.15, -0.1) is 0 Å². The molecule has 0 bridgehead atoms. The second-order valence-corrected chi connectivity index (χ2v) is 4.56. The summed E-state index contributed by atoms with van der Waals surface area (Å²) in [5.41, 5.74) is 0.723. The molecule has 2 aromatic rings. The molecule has 0 radical (unpaired) electrons. The van der Waals surface area contributed by atoms with E-state index in [1.165, 1.54) is 0 Å². The van der Waals surface area contributed by atoms with Crippen LogP contribution in [0.5, 0.6) is 5.75 Å². The van der Waals surface area contributed by atoms with Crippen molar-refractivity contribution in [3.8, 4) is 5.75 Å². The van der Waals surface area contributed by atoms with Crippen LogP contribution in [-0.2, 0) is 0 Å². The molecule has 0 saturated heterocycles. The van der Waals surface area contributed by atoms with Gasteiger partial charge in [-0.3, -0.25) is 0 Å². The Labute approximate surface area is 107 Å². The molecule has 0 amide bonds. The van der Waals surface area contributed by atoms with Gasteiger partial charge in [0, 0.05) is 5.56 Å². The predicted molar refractivity (Wildman–Crippen MR) is 69.7 cm³/mol. The Morgan fingerprint density at radius 3 is 2.44 bits per heavy atom. The number of furan rings is 1. The van der Waals surface area contributed by atoms with Crippen molar-refractivity contribution in [3.63, 3.8) is 0 Å². The van der Waals surface area contributed by atoms with Gasteiger partial charge in [0.25, 0.3) is 0 Å². The fraction of sp³-hybridized carbons (Fsp3) is 0.333. The Balaban J connectivity index is 2.32. The molecule has 0 aliphatic rings. The van der Waals surface area contributed by atoms with E-state index < -0.39 is 6.10 Å². The summed E-state index contributed by atoms with van der Waals surface area (Å²) in [6, 6.07) is 11.1. The third-order valence-corrected chi connectivity index (χ3v) is 2.61. The zero-order chi connectivity index (χ0) is 13.1. The maximum atomic E-state index is 10.3. The molecule has 0 saturated carbocycles. The van der Waals surface area contributed by atoms with Gasteiger partial charge in [-0.05, 0) is 39.0 Å². The molecule has 3 nitrogen and oxygen atoms in total. The van der Waals surface area contributed by atoms with Gasteiger partial charge < -0.3 is 14.3 Å². The molecular weight excluding hydrogens is 228 g/mol. The molecule has 18 heavy (non-hydrogen) atoms. The van der Waals surface area contributed by atoms with Crippen LogP contribution in [0.1, 0.15) is 37.0 Å². The van der Waals surface area contributed by atoms with Gasteiger partial charge in [0.1, 0.15) is 23.4 Å². The number of aliphatic hydroxyl groups excluding tert-OH is 1. The lowest BCUT2D eigenvalue weighted by Gasteiger charge is -2.16. The van der Waals surface area contributed by atoms with Crippen molar-refractivity contribution in [2.75, 3.05) is 0 Å². The van der Waals surface area contributed by atoms with Crippen LogP contribution in [0.3, 0.4) is 0 Å². The van der Waals surface area contributed by atoms with E-state index in [2.05, 4.69) is 0 Å². The highest BCUT2D eigenvalue weighted by molar-refractivity contribution is 5.38. The average molecular weight is 246 g/mol. The first kappa shape index (κ1) is 12.7. The molecular formula is C15H18O3. The van der Waals surface area contributed by atoms with Crippen LogP contribution in [0.25, 0.3) is 0 Å². The van der Waals surface area contributed by atoms with E-state index in [9.17, 15) is 5.11 Å². The molecule has 3 heteroatoms. The zero-order valence-electron chi connectivity index (χ0n) is 10.9. The van der Waals surface area contributed by atoms with Crippen LogP contribution < -0.4 is 4.74 Å². The minimum atomic E-state index is -0.798. The molecule has 0 aliphatic carbocycles. The summed E-state index contributed by atoms with van der Waals surface area (Å²) < 4.78 is 11.1. The topological polar surface area (TPSA) is 42.6 Å². The normalized spacial score (nSPS) is 12.7. The van der Waals surface area contributed by atoms with Gasteiger partial charge >= 0.3 is 0 Å². The fourth-order valence-electron chi connectivity index (χ4n) is 1.82. The molecule has 1 N–H and O–H groups in total. The number of hydrogen-bond donors (Lipinski definition) is 1. The van der Waals surface area contributed by atoms with Crippen molar-refractivity contribution in [2.45, 2.75) is 33.0 Å². The van der Waals surface area contributed by atoms with Gasteiger partial charge in [0.15, 0.2) is 0 Å². The molecule has 1 aromatic heterocycles. The molecule has 0 fully saturated rings. The van der Waals surface area contributed by atoms with E-state index in [0.29, 0.717) is 11.5 Å². The maximum Gasteiger partial charge on any atom is 0.140 e. The summed E-state index contributed by atoms with van der Waals surface area (Å²) in [6.45, 7) is 5.77. The Hall–Kier alpha value is -1.74. The molecule has 1 aromatic carbocycles. The van der Waals surface area contributed by atoms with Crippen LogP contribution in [0.4, 0.5) is 0 Å². The number of ether oxygens (including phenoxy) is 1. The molecule has 1 unspecified atom stereocenters. The SMILES string of the molecule is Cc1ccc(C(O)c2ccccc2OC(C)C)o1. The third-order valence-electron chi connectivity index (χ3n) is 2.61. The summed E-state index contributed by atoms with van der Waals surface area (Å²) in [7, 11) is 0. The van der Waals surface area contributed by atoms with Gasteiger partial charge in [-0.2, -0.15) is 0 Å². The second kappa shape index (κ2) is 5.27. The highest BCUT2D eigenvalue weighted by atomic mass is 16.5. The third kappa shape index (κ3) is 2.74. The van der Waals surface area contributed by atoms with Crippen molar-refractivity contribution in [2.24, 2.45) is 0 Å². The first-order chi connectivity index (χ1) is 8.58. The van der Waals surface area contributed by atoms with Gasteiger partial charge in [-0.1, -0.05) is 18.2 Å². The van der Waals surface area contributed by atoms with Crippen LogP contribution in [-0.4, -0.2) is 11.2 Å². The van der Waals surface area contributed by atoms with Crippen LogP contribution >= 0.6 is 0 Å². The van der Waals surface area contributed by atoms with E-state index in [4.69, 9.17) is 9.15 Å². The Bertz CT molecular complexity index is 514. The fourth-order valence-corrected chi connectivity index (χ4v) is 1.82. The number of para-hydroxylation sites is 1. The molecule has 1 heterocycles. The zero-order valence-corrected chi connectivity index (χ0v) is 10.9. The number of rotatable bonds is 4. The predicted octanol–water partition coefficient (Wildman–Crippen LogP) is 3.46. The van der Waals surface area contributed by atoms with E-state index in [1.807, 2.05) is 51.1 Å². The van der Waals surface area contributed by atoms with Crippen LogP contribution in [0, 0.1) is 6.92 Å². The summed E-state index contributed by atoms with van der Waals surface area (Å²) in [5.74, 6) is 2.01. The Morgan fingerprint density at radius 1 is 1.11 bits per heavy atom. The van der Waals surface area contributed by atoms with Gasteiger partial charge in [0.2, 0.25) is 0 Å². The highest BCUT2D eigenvalue weighted by Gasteiger charge is 2.18. The highest BCUT2D eigenvalue weighted by Crippen LogP contribution is 2.31. The quantitative estimate of drug-likeness (QED) is 0.898. The summed E-state index contributed by atoms with van der Waals surface area (Å²) >= 11 is 0. The van der Waals surface area contributed by atoms with Crippen LogP contribution in [0.15, 0.2) is 40.8 Å². The first-order valence-electron chi connectivity index (χ1n) is 6.08. The maximum absolute atomic E-state index is 10.3. The lowest BCUT2D eigenvalue weighted by atomic mass is 10.1. The van der Waals surface area contributed by atoms with E-state index in [0.717, 1.165) is 11.3 Å². The van der Waals surface area contributed by atoms with Gasteiger partial charge in [-0.25, -0.2) is 0 Å². The second-order valence-electron chi connectivity index (χ2n) is 4.56. The number of hydrogen-bond acceptors (Lipinski definition) is 3. The van der Waals surface area contributed by atoms with Gasteiger partial charge in [0.05, 0.1) is 6.10 Å². The Kier molecular flexibility index (Phi) is 3.72. The standard InChI is InChI=1S/C15H18O3/c1-10(2)17-13-7-5-4-6-12(13)15(16)14-9-8-11(3)18-14/h4-10,15-16H,1-3H3. The minimum absolute atomic E-state index is 0.0664. The number of aliphatic hydroxyl groups is 1. The van der Waals surface area contributed by atoms with Crippen molar-refractivity contribution in [1.82, 2.24) is 0 Å². The monoisotopic (exact) mass is 246 g/mol. The molecule has 1 atom stereocenters. The molecule has 96 valence electrons. The van der Waals surface area contributed by atoms with Crippen molar-refractivity contribution in [3.05, 3.63) is 53.5 Å². The summed E-state index contributed by atoms with van der Waals surface area (Å²) in [6.07, 6.45) is -0.731. The number of aryl methyl sites for hydroxylation is 1. The largest absolute Gasteiger partial charge is 0.491 e. The van der Waals surface area contributed by atoms with E-state index in [1.54, 1.807) is 6.07 Å². The summed E-state index contributed by atoms with van der Waals surface area (Å²) in [4.78, 5) is 0. The molecule has 0 aliphatic heterocycles. The van der Waals surface area contributed by atoms with Crippen molar-refractivity contribution in [1.29, 1.82) is 0 Å².